The first-order valence-electron chi connectivity index (χ1n) is 3.91. The van der Waals surface area contributed by atoms with Gasteiger partial charge in [-0.3, -0.25) is 0 Å². The standard InChI is InChI=1S/C7H16.I2O2S/c1-4-5-6-7(2)3;1-5(2,3)4/h7H,4-6H2,1-3H3;. The maximum atomic E-state index is 9.61. The van der Waals surface area contributed by atoms with Crippen LogP contribution in [-0.4, -0.2) is 8.42 Å². The van der Waals surface area contributed by atoms with Crippen molar-refractivity contribution in [3.8, 4) is 0 Å². The number of hydrogen-bond acceptors (Lipinski definition) is 2. The third kappa shape index (κ3) is 42.2. The molecule has 0 aliphatic carbocycles. The molecule has 0 saturated carbocycles. The van der Waals surface area contributed by atoms with Crippen molar-refractivity contribution in [3.05, 3.63) is 0 Å². The first-order valence-corrected chi connectivity index (χ1v) is 10.5. The fourth-order valence-electron chi connectivity index (χ4n) is 0.612. The molecule has 0 rings (SSSR count). The van der Waals surface area contributed by atoms with Crippen LogP contribution >= 0.6 is 42.4 Å². The Balaban J connectivity index is 0. The number of hydrogen-bond donors (Lipinski definition) is 0. The summed E-state index contributed by atoms with van der Waals surface area (Å²) >= 11 is 2.67. The molecule has 0 bridgehead atoms. The first kappa shape index (κ1) is 15.9. The molecular formula is C7H16I2O2S. The molecule has 0 unspecified atom stereocenters. The van der Waals surface area contributed by atoms with E-state index in [1.807, 2.05) is 0 Å². The van der Waals surface area contributed by atoms with Gasteiger partial charge in [-0.05, 0) is 5.92 Å². The van der Waals surface area contributed by atoms with Crippen molar-refractivity contribution in [1.29, 1.82) is 0 Å². The molecule has 0 aromatic rings. The molecule has 0 amide bonds. The van der Waals surface area contributed by atoms with E-state index in [2.05, 4.69) is 20.8 Å². The molecular weight excluding hydrogens is 402 g/mol. The van der Waals surface area contributed by atoms with Crippen molar-refractivity contribution in [2.45, 2.75) is 40.0 Å². The van der Waals surface area contributed by atoms with Gasteiger partial charge in [-0.1, -0.05) is 40.0 Å². The van der Waals surface area contributed by atoms with E-state index in [1.165, 1.54) is 61.7 Å². The van der Waals surface area contributed by atoms with Gasteiger partial charge < -0.3 is 0 Å². The van der Waals surface area contributed by atoms with Gasteiger partial charge in [-0.15, -0.1) is 0 Å². The largest absolute Gasteiger partial charge is 0.255 e. The molecule has 5 heteroatoms. The topological polar surface area (TPSA) is 34.1 Å². The summed E-state index contributed by atoms with van der Waals surface area (Å²) in [6.45, 7) is 6.79. The van der Waals surface area contributed by atoms with E-state index >= 15 is 0 Å². The molecule has 0 heterocycles. The third-order valence-corrected chi connectivity index (χ3v) is 1.14. The zero-order chi connectivity index (χ0) is 10.2. The highest BCUT2D eigenvalue weighted by Gasteiger charge is 1.88. The van der Waals surface area contributed by atoms with Crippen molar-refractivity contribution in [2.24, 2.45) is 5.92 Å². The van der Waals surface area contributed by atoms with Gasteiger partial charge in [0.25, 0.3) is 4.18 Å². The Labute approximate surface area is 100.0 Å². The molecule has 0 aliphatic heterocycles. The molecule has 0 aromatic heterocycles. The summed E-state index contributed by atoms with van der Waals surface area (Å²) in [6.07, 6.45) is 4.15. The van der Waals surface area contributed by atoms with E-state index in [1.54, 1.807) is 0 Å². The van der Waals surface area contributed by atoms with Gasteiger partial charge in [0.1, 0.15) is 0 Å². The summed E-state index contributed by atoms with van der Waals surface area (Å²) in [7, 11) is 0. The fraction of sp³-hybridized carbons (Fsp3) is 1.00. The van der Waals surface area contributed by atoms with Crippen LogP contribution in [0.3, 0.4) is 0 Å². The average molecular weight is 418 g/mol. The van der Waals surface area contributed by atoms with E-state index in [0.29, 0.717) is 0 Å². The van der Waals surface area contributed by atoms with E-state index in [9.17, 15) is 8.42 Å². The van der Waals surface area contributed by atoms with E-state index < -0.39 is 4.18 Å². The normalized spacial score (nSPS) is 10.8. The van der Waals surface area contributed by atoms with Gasteiger partial charge in [0.15, 0.2) is 0 Å². The predicted molar refractivity (Wildman–Crippen MR) is 71.3 cm³/mol. The second-order valence-corrected chi connectivity index (χ2v) is 15.7. The summed E-state index contributed by atoms with van der Waals surface area (Å²) in [6, 6.07) is 0. The van der Waals surface area contributed by atoms with Crippen molar-refractivity contribution in [2.75, 3.05) is 0 Å². The Morgan fingerprint density at radius 2 is 1.58 bits per heavy atom. The molecule has 0 N–H and O–H groups in total. The zero-order valence-electron chi connectivity index (χ0n) is 7.68. The van der Waals surface area contributed by atoms with Crippen LogP contribution in [0.1, 0.15) is 40.0 Å². The summed E-state index contributed by atoms with van der Waals surface area (Å²) in [5.74, 6) is 0.903. The smallest absolute Gasteiger partial charge is 0.208 e. The predicted octanol–water partition coefficient (Wildman–Crippen LogP) is 3.93. The van der Waals surface area contributed by atoms with Crippen molar-refractivity contribution in [3.63, 3.8) is 0 Å². The SMILES string of the molecule is CCCCC(C)C.O=S(=O)(I)I. The van der Waals surface area contributed by atoms with E-state index in [0.717, 1.165) is 5.92 Å². The van der Waals surface area contributed by atoms with Crippen LogP contribution in [0.2, 0.25) is 0 Å². The third-order valence-electron chi connectivity index (χ3n) is 1.14. The summed E-state index contributed by atoms with van der Waals surface area (Å²) < 4.78 is 16.5. The van der Waals surface area contributed by atoms with E-state index in [-0.39, 0.29) is 0 Å². The molecule has 0 radical (unpaired) electrons. The molecule has 0 atom stereocenters. The Kier molecular flexibility index (Phi) is 11.9. The van der Waals surface area contributed by atoms with Crippen LogP contribution in [0.15, 0.2) is 0 Å². The summed E-state index contributed by atoms with van der Waals surface area (Å²) in [4.78, 5) is 0. The molecule has 0 aromatic carbocycles. The van der Waals surface area contributed by atoms with Crippen LogP contribution in [0.25, 0.3) is 0 Å². The highest BCUT2D eigenvalue weighted by molar-refractivity contribution is 14.3. The van der Waals surface area contributed by atoms with Crippen LogP contribution in [0.5, 0.6) is 0 Å². The lowest BCUT2D eigenvalue weighted by Gasteiger charge is -1.98. The zero-order valence-corrected chi connectivity index (χ0v) is 12.8. The Hall–Kier alpha value is 1.41. The van der Waals surface area contributed by atoms with Gasteiger partial charge in [0.05, 0.1) is 42.4 Å². The molecule has 0 aliphatic rings. The lowest BCUT2D eigenvalue weighted by Crippen LogP contribution is -1.83. The summed E-state index contributed by atoms with van der Waals surface area (Å²) in [5, 5.41) is 0. The van der Waals surface area contributed by atoms with Crippen LogP contribution < -0.4 is 0 Å². The van der Waals surface area contributed by atoms with Gasteiger partial charge in [0, 0.05) is 0 Å². The average Bonchev–Trinajstić information content (AvgIpc) is 1.79. The molecule has 0 saturated heterocycles. The number of halogens is 2. The Morgan fingerprint density at radius 1 is 1.25 bits per heavy atom. The summed E-state index contributed by atoms with van der Waals surface area (Å²) in [5.41, 5.74) is 0. The quantitative estimate of drug-likeness (QED) is 0.515. The maximum absolute atomic E-state index is 9.61. The first-order chi connectivity index (χ1) is 5.27. The Bertz CT molecular complexity index is 168. The monoisotopic (exact) mass is 418 g/mol. The van der Waals surface area contributed by atoms with Gasteiger partial charge in [-0.2, -0.15) is 0 Å². The van der Waals surface area contributed by atoms with Gasteiger partial charge in [-0.25, -0.2) is 8.42 Å². The van der Waals surface area contributed by atoms with Crippen LogP contribution in [0, 0.1) is 5.92 Å². The van der Waals surface area contributed by atoms with Gasteiger partial charge in [0.2, 0.25) is 0 Å². The molecule has 0 spiro atoms. The lowest BCUT2D eigenvalue weighted by molar-refractivity contribution is 0.550. The molecule has 0 fully saturated rings. The number of rotatable bonds is 3. The molecule has 12 heavy (non-hydrogen) atoms. The minimum absolute atomic E-state index is 0.903. The highest BCUT2D eigenvalue weighted by Crippen LogP contribution is 2.08. The van der Waals surface area contributed by atoms with Gasteiger partial charge >= 0.3 is 0 Å². The van der Waals surface area contributed by atoms with E-state index in [4.69, 9.17) is 0 Å². The number of unbranched alkanes of at least 4 members (excludes halogenated alkanes) is 1. The second kappa shape index (κ2) is 8.98. The van der Waals surface area contributed by atoms with Crippen molar-refractivity contribution < 1.29 is 8.42 Å². The lowest BCUT2D eigenvalue weighted by atomic mass is 10.1. The second-order valence-electron chi connectivity index (χ2n) is 2.91. The fourth-order valence-corrected chi connectivity index (χ4v) is 0.612. The minimum Gasteiger partial charge on any atom is -0.208 e. The highest BCUT2D eigenvalue weighted by atomic mass is 127. The maximum Gasteiger partial charge on any atom is 0.255 e. The Morgan fingerprint density at radius 3 is 1.67 bits per heavy atom. The van der Waals surface area contributed by atoms with Crippen molar-refractivity contribution >= 4 is 46.6 Å². The van der Waals surface area contributed by atoms with Crippen LogP contribution in [-0.2, 0) is 4.18 Å². The molecule has 2 nitrogen and oxygen atoms in total. The minimum atomic E-state index is -2.73. The molecule has 76 valence electrons. The van der Waals surface area contributed by atoms with Crippen LogP contribution in [0.4, 0.5) is 0 Å². The van der Waals surface area contributed by atoms with Crippen molar-refractivity contribution in [1.82, 2.24) is 0 Å².